The molecule has 3 aromatic carbocycles. The highest BCUT2D eigenvalue weighted by atomic mass is 35.5. The van der Waals surface area contributed by atoms with Gasteiger partial charge in [-0.25, -0.2) is 28.0 Å². The number of hydrogen-bond acceptors (Lipinski definition) is 4. The van der Waals surface area contributed by atoms with E-state index in [-0.39, 0.29) is 17.8 Å². The standard InChI is InChI=1S/C25H24ClFN6OS2/c26-19-8-12-22(13-9-19)35-31-25(29-21-14-32(15-21)36(28)34)33-16-23(17-4-2-1-3-5-17)24(30-33)18-6-10-20(27)11-7-18/h1-13,21,23H,14-16,28H2,(H,29,31). The highest BCUT2D eigenvalue weighted by molar-refractivity contribution is 7.98. The largest absolute Gasteiger partial charge is 0.295 e. The number of rotatable bonds is 6. The number of nitrogens with two attached hydrogens (primary N) is 1. The Bertz CT molecular complexity index is 1280. The molecule has 0 saturated carbocycles. The minimum absolute atomic E-state index is 0.0290. The van der Waals surface area contributed by atoms with E-state index in [1.807, 2.05) is 47.5 Å². The molecule has 0 aliphatic carbocycles. The molecule has 5 rings (SSSR count). The Hall–Kier alpha value is -2.76. The van der Waals surface area contributed by atoms with Gasteiger partial charge in [0.25, 0.3) is 0 Å². The van der Waals surface area contributed by atoms with Gasteiger partial charge in [-0.05, 0) is 59.5 Å². The van der Waals surface area contributed by atoms with Gasteiger partial charge in [0, 0.05) is 28.9 Å². The van der Waals surface area contributed by atoms with E-state index >= 15 is 0 Å². The quantitative estimate of drug-likeness (QED) is 0.278. The summed E-state index contributed by atoms with van der Waals surface area (Å²) in [7, 11) is 0. The van der Waals surface area contributed by atoms with Crippen LogP contribution in [-0.4, -0.2) is 50.9 Å². The first-order valence-electron chi connectivity index (χ1n) is 11.3. The number of hydrazone groups is 1. The summed E-state index contributed by atoms with van der Waals surface area (Å²) in [6.45, 7) is 1.57. The Morgan fingerprint density at radius 1 is 1.06 bits per heavy atom. The first-order chi connectivity index (χ1) is 17.5. The second-order valence-electron chi connectivity index (χ2n) is 8.43. The molecule has 186 valence electrons. The Labute approximate surface area is 221 Å². The minimum atomic E-state index is -1.51. The average molecular weight is 543 g/mol. The molecule has 2 aliphatic rings. The number of nitrogens with one attached hydrogen (secondary N) is 1. The van der Waals surface area contributed by atoms with Crippen molar-refractivity contribution in [3.8, 4) is 0 Å². The van der Waals surface area contributed by atoms with Crippen LogP contribution in [0.5, 0.6) is 0 Å². The lowest BCUT2D eigenvalue weighted by Gasteiger charge is -2.34. The predicted molar refractivity (Wildman–Crippen MR) is 144 cm³/mol. The fourth-order valence-electron chi connectivity index (χ4n) is 4.03. The lowest BCUT2D eigenvalue weighted by molar-refractivity contribution is 0.278. The number of nitrogens with zero attached hydrogens (tertiary/aromatic N) is 4. The van der Waals surface area contributed by atoms with E-state index in [1.165, 1.54) is 24.1 Å². The van der Waals surface area contributed by atoms with E-state index in [0.717, 1.165) is 21.7 Å². The van der Waals surface area contributed by atoms with E-state index in [1.54, 1.807) is 16.4 Å². The van der Waals surface area contributed by atoms with Crippen molar-refractivity contribution in [3.05, 3.63) is 101 Å². The van der Waals surface area contributed by atoms with Crippen LogP contribution < -0.4 is 9.86 Å². The van der Waals surface area contributed by atoms with Crippen LogP contribution in [0.1, 0.15) is 17.0 Å². The number of hydrogen-bond donors (Lipinski definition) is 2. The van der Waals surface area contributed by atoms with Crippen molar-refractivity contribution in [1.82, 2.24) is 14.0 Å². The van der Waals surface area contributed by atoms with Gasteiger partial charge in [0.05, 0.1) is 18.3 Å². The molecule has 36 heavy (non-hydrogen) atoms. The summed E-state index contributed by atoms with van der Waals surface area (Å²) in [5.41, 5.74) is 2.80. The maximum atomic E-state index is 13.6. The molecule has 11 heteroatoms. The van der Waals surface area contributed by atoms with Crippen molar-refractivity contribution in [1.29, 1.82) is 0 Å². The molecule has 2 atom stereocenters. The molecule has 0 radical (unpaired) electrons. The molecule has 2 heterocycles. The van der Waals surface area contributed by atoms with E-state index in [0.29, 0.717) is 30.6 Å². The van der Waals surface area contributed by atoms with Crippen LogP contribution in [0.15, 0.2) is 93.9 Å². The molecular weight excluding hydrogens is 519 g/mol. The summed E-state index contributed by atoms with van der Waals surface area (Å²) in [5.74, 6) is 0.264. The van der Waals surface area contributed by atoms with Crippen molar-refractivity contribution >= 4 is 46.4 Å². The van der Waals surface area contributed by atoms with E-state index < -0.39 is 11.2 Å². The topological polar surface area (TPSA) is 86.3 Å². The van der Waals surface area contributed by atoms with Crippen LogP contribution in [0.4, 0.5) is 4.39 Å². The van der Waals surface area contributed by atoms with Crippen molar-refractivity contribution in [2.45, 2.75) is 16.9 Å². The normalized spacial score (nSPS) is 19.6. The van der Waals surface area contributed by atoms with Gasteiger partial charge in [0.1, 0.15) is 5.82 Å². The molecule has 0 bridgehead atoms. The van der Waals surface area contributed by atoms with Gasteiger partial charge in [-0.15, -0.1) is 0 Å². The summed E-state index contributed by atoms with van der Waals surface area (Å²) in [5, 5.41) is 12.9. The molecule has 0 spiro atoms. The molecule has 7 nitrogen and oxygen atoms in total. The third kappa shape index (κ3) is 5.79. The Balaban J connectivity index is 1.45. The number of aliphatic imine (C=N–C) groups is 1. The van der Waals surface area contributed by atoms with Crippen molar-refractivity contribution in [2.24, 2.45) is 15.2 Å². The highest BCUT2D eigenvalue weighted by Gasteiger charge is 2.34. The molecular formula is C25H24ClFN6OS2. The summed E-state index contributed by atoms with van der Waals surface area (Å²) in [6.07, 6.45) is 0. The average Bonchev–Trinajstić information content (AvgIpc) is 3.30. The summed E-state index contributed by atoms with van der Waals surface area (Å²) in [4.78, 5) is 5.85. The van der Waals surface area contributed by atoms with Crippen molar-refractivity contribution in [3.63, 3.8) is 0 Å². The second-order valence-corrected chi connectivity index (χ2v) is 10.8. The van der Waals surface area contributed by atoms with Crippen LogP contribution in [0.3, 0.4) is 0 Å². The number of halogens is 2. The lowest BCUT2D eigenvalue weighted by atomic mass is 9.91. The van der Waals surface area contributed by atoms with Gasteiger partial charge in [-0.1, -0.05) is 54.1 Å². The van der Waals surface area contributed by atoms with Crippen molar-refractivity contribution < 1.29 is 8.60 Å². The monoisotopic (exact) mass is 542 g/mol. The Morgan fingerprint density at radius 3 is 2.42 bits per heavy atom. The smallest absolute Gasteiger partial charge is 0.225 e. The first-order valence-corrected chi connectivity index (χ1v) is 13.7. The molecule has 3 aromatic rings. The second kappa shape index (κ2) is 11.1. The van der Waals surface area contributed by atoms with Crippen LogP contribution in [0, 0.1) is 5.82 Å². The van der Waals surface area contributed by atoms with Gasteiger partial charge in [-0.2, -0.15) is 5.10 Å². The zero-order valence-electron chi connectivity index (χ0n) is 19.1. The molecule has 1 fully saturated rings. The third-order valence-corrected chi connectivity index (χ3v) is 7.81. The molecule has 2 aliphatic heterocycles. The summed E-state index contributed by atoms with van der Waals surface area (Å²) >= 11 is 5.93. The molecule has 3 N–H and O–H groups in total. The fourth-order valence-corrected chi connectivity index (χ4v) is 5.44. The van der Waals surface area contributed by atoms with Crippen LogP contribution in [-0.2, 0) is 11.2 Å². The summed E-state index contributed by atoms with van der Waals surface area (Å²) in [6, 6.07) is 23.9. The predicted octanol–water partition coefficient (Wildman–Crippen LogP) is 4.16. The van der Waals surface area contributed by atoms with Crippen molar-refractivity contribution in [2.75, 3.05) is 19.6 Å². The number of guanidine groups is 1. The summed E-state index contributed by atoms with van der Waals surface area (Å²) < 4.78 is 30.2. The van der Waals surface area contributed by atoms with Gasteiger partial charge in [0.2, 0.25) is 5.96 Å². The maximum absolute atomic E-state index is 13.6. The molecule has 1 saturated heterocycles. The first kappa shape index (κ1) is 24.9. The van der Waals surface area contributed by atoms with E-state index in [4.69, 9.17) is 26.8 Å². The zero-order valence-corrected chi connectivity index (χ0v) is 21.5. The van der Waals surface area contributed by atoms with Crippen LogP contribution in [0.25, 0.3) is 0 Å². The van der Waals surface area contributed by atoms with Gasteiger partial charge < -0.3 is 0 Å². The van der Waals surface area contributed by atoms with Crippen LogP contribution >= 0.6 is 23.5 Å². The maximum Gasteiger partial charge on any atom is 0.225 e. The van der Waals surface area contributed by atoms with Gasteiger partial charge in [-0.3, -0.25) is 4.72 Å². The van der Waals surface area contributed by atoms with E-state index in [9.17, 15) is 8.60 Å². The zero-order chi connectivity index (χ0) is 25.1. The lowest BCUT2D eigenvalue weighted by Crippen LogP contribution is -2.53. The Kier molecular flexibility index (Phi) is 7.68. The van der Waals surface area contributed by atoms with Gasteiger partial charge >= 0.3 is 0 Å². The number of benzene rings is 3. The van der Waals surface area contributed by atoms with E-state index in [2.05, 4.69) is 16.9 Å². The highest BCUT2D eigenvalue weighted by Crippen LogP contribution is 2.30. The SMILES string of the molecule is NS(=O)N1CC(N=C(NSc2ccc(Cl)cc2)N2CC(c3ccccc3)C(c3ccc(F)cc3)=N2)C1. The van der Waals surface area contributed by atoms with Gasteiger partial charge in [0.15, 0.2) is 11.2 Å². The molecule has 2 unspecified atom stereocenters. The Morgan fingerprint density at radius 2 is 1.75 bits per heavy atom. The third-order valence-electron chi connectivity index (χ3n) is 5.96. The molecule has 0 aromatic heterocycles. The fraction of sp³-hybridized carbons (Fsp3) is 0.200. The van der Waals surface area contributed by atoms with Crippen LogP contribution in [0.2, 0.25) is 5.02 Å². The minimum Gasteiger partial charge on any atom is -0.295 e. The molecule has 0 amide bonds.